The summed E-state index contributed by atoms with van der Waals surface area (Å²) in [5.41, 5.74) is 0. The summed E-state index contributed by atoms with van der Waals surface area (Å²) < 4.78 is 1.05. The molecule has 6 heteroatoms. The lowest BCUT2D eigenvalue weighted by Crippen LogP contribution is -2.34. The van der Waals surface area contributed by atoms with Gasteiger partial charge in [-0.15, -0.1) is 11.3 Å². The number of halogens is 1. The van der Waals surface area contributed by atoms with Gasteiger partial charge in [-0.2, -0.15) is 0 Å². The van der Waals surface area contributed by atoms with Crippen LogP contribution in [0.5, 0.6) is 0 Å². The standard InChI is InChI=1S/C12H16BrNO3S/c1-8(5-11(15)16)12(17)14(2)4-3-10-6-9(13)7-18-10/h6-8H,3-5H2,1-2H3,(H,15,16). The summed E-state index contributed by atoms with van der Waals surface area (Å²) in [7, 11) is 1.71. The molecule has 0 aliphatic rings. The number of hydrogen-bond donors (Lipinski definition) is 1. The molecule has 0 bridgehead atoms. The van der Waals surface area contributed by atoms with E-state index < -0.39 is 11.9 Å². The maximum Gasteiger partial charge on any atom is 0.304 e. The Kier molecular flexibility index (Phi) is 5.81. The van der Waals surface area contributed by atoms with E-state index in [9.17, 15) is 9.59 Å². The minimum absolute atomic E-state index is 0.117. The van der Waals surface area contributed by atoms with E-state index >= 15 is 0 Å². The Morgan fingerprint density at radius 3 is 2.72 bits per heavy atom. The van der Waals surface area contributed by atoms with E-state index in [1.165, 1.54) is 4.88 Å². The van der Waals surface area contributed by atoms with E-state index in [0.29, 0.717) is 6.54 Å². The van der Waals surface area contributed by atoms with Crippen LogP contribution in [0.25, 0.3) is 0 Å². The summed E-state index contributed by atoms with van der Waals surface area (Å²) in [6.07, 6.45) is 0.673. The van der Waals surface area contributed by atoms with Gasteiger partial charge in [-0.3, -0.25) is 9.59 Å². The van der Waals surface area contributed by atoms with Crippen molar-refractivity contribution in [3.05, 3.63) is 20.8 Å². The van der Waals surface area contributed by atoms with Gasteiger partial charge in [0.05, 0.1) is 6.42 Å². The highest BCUT2D eigenvalue weighted by Gasteiger charge is 2.19. The minimum Gasteiger partial charge on any atom is -0.481 e. The quantitative estimate of drug-likeness (QED) is 0.870. The van der Waals surface area contributed by atoms with Crippen LogP contribution in [0.2, 0.25) is 0 Å². The second-order valence-electron chi connectivity index (χ2n) is 4.24. The van der Waals surface area contributed by atoms with E-state index in [4.69, 9.17) is 5.11 Å². The van der Waals surface area contributed by atoms with Crippen molar-refractivity contribution in [1.82, 2.24) is 4.90 Å². The molecule has 100 valence electrons. The zero-order valence-electron chi connectivity index (χ0n) is 10.4. The molecule has 0 saturated carbocycles. The molecule has 1 heterocycles. The number of carbonyl (C=O) groups is 2. The number of aliphatic carboxylic acids is 1. The van der Waals surface area contributed by atoms with Gasteiger partial charge in [0.2, 0.25) is 5.91 Å². The number of likely N-dealkylation sites (N-methyl/N-ethyl adjacent to an activating group) is 1. The molecule has 1 amide bonds. The topological polar surface area (TPSA) is 57.6 Å². The molecule has 1 aromatic heterocycles. The number of thiophene rings is 1. The Morgan fingerprint density at radius 2 is 2.22 bits per heavy atom. The zero-order valence-corrected chi connectivity index (χ0v) is 12.8. The first kappa shape index (κ1) is 15.2. The van der Waals surface area contributed by atoms with Gasteiger partial charge in [-0.05, 0) is 28.4 Å². The molecule has 1 N–H and O–H groups in total. The molecule has 1 unspecified atom stereocenters. The van der Waals surface area contributed by atoms with E-state index in [1.54, 1.807) is 30.2 Å². The first-order valence-electron chi connectivity index (χ1n) is 5.60. The lowest BCUT2D eigenvalue weighted by molar-refractivity contribution is -0.143. The lowest BCUT2D eigenvalue weighted by atomic mass is 10.1. The van der Waals surface area contributed by atoms with Crippen LogP contribution in [0.4, 0.5) is 0 Å². The van der Waals surface area contributed by atoms with Crippen molar-refractivity contribution in [2.24, 2.45) is 5.92 Å². The van der Waals surface area contributed by atoms with Gasteiger partial charge in [0.25, 0.3) is 0 Å². The van der Waals surface area contributed by atoms with E-state index in [1.807, 2.05) is 11.4 Å². The molecule has 18 heavy (non-hydrogen) atoms. The monoisotopic (exact) mass is 333 g/mol. The largest absolute Gasteiger partial charge is 0.481 e. The Labute approximate surface area is 119 Å². The Morgan fingerprint density at radius 1 is 1.56 bits per heavy atom. The molecule has 1 rings (SSSR count). The molecule has 0 aromatic carbocycles. The number of amides is 1. The molecular formula is C12H16BrNO3S. The average Bonchev–Trinajstić information content (AvgIpc) is 2.70. The molecular weight excluding hydrogens is 318 g/mol. The number of carboxylic acid groups (broad SMARTS) is 1. The van der Waals surface area contributed by atoms with Crippen LogP contribution in [-0.2, 0) is 16.0 Å². The van der Waals surface area contributed by atoms with Crippen LogP contribution in [-0.4, -0.2) is 35.5 Å². The summed E-state index contributed by atoms with van der Waals surface area (Å²) in [5.74, 6) is -1.53. The molecule has 0 aliphatic heterocycles. The molecule has 0 saturated heterocycles. The van der Waals surface area contributed by atoms with Crippen LogP contribution < -0.4 is 0 Å². The van der Waals surface area contributed by atoms with Crippen molar-refractivity contribution in [3.63, 3.8) is 0 Å². The number of rotatable bonds is 6. The molecule has 0 spiro atoms. The second kappa shape index (κ2) is 6.89. The Bertz CT molecular complexity index is 433. The fourth-order valence-electron chi connectivity index (χ4n) is 1.60. The van der Waals surface area contributed by atoms with Crippen LogP contribution in [0.15, 0.2) is 15.9 Å². The van der Waals surface area contributed by atoms with Crippen LogP contribution in [0.1, 0.15) is 18.2 Å². The van der Waals surface area contributed by atoms with Gasteiger partial charge < -0.3 is 10.0 Å². The minimum atomic E-state index is -0.938. The predicted molar refractivity (Wildman–Crippen MR) is 74.8 cm³/mol. The number of carbonyl (C=O) groups excluding carboxylic acids is 1. The highest BCUT2D eigenvalue weighted by atomic mass is 79.9. The highest BCUT2D eigenvalue weighted by molar-refractivity contribution is 9.10. The van der Waals surface area contributed by atoms with E-state index in [0.717, 1.165) is 10.9 Å². The summed E-state index contributed by atoms with van der Waals surface area (Å²) in [6, 6.07) is 2.03. The Hall–Kier alpha value is -0.880. The van der Waals surface area contributed by atoms with Gasteiger partial charge in [-0.1, -0.05) is 6.92 Å². The number of nitrogens with zero attached hydrogens (tertiary/aromatic N) is 1. The van der Waals surface area contributed by atoms with Crippen molar-refractivity contribution in [2.75, 3.05) is 13.6 Å². The van der Waals surface area contributed by atoms with Crippen molar-refractivity contribution in [2.45, 2.75) is 19.8 Å². The predicted octanol–water partition coefficient (Wildman–Crippen LogP) is 2.62. The van der Waals surface area contributed by atoms with Crippen LogP contribution in [0.3, 0.4) is 0 Å². The maximum atomic E-state index is 11.9. The van der Waals surface area contributed by atoms with Gasteiger partial charge in [0.1, 0.15) is 0 Å². The average molecular weight is 334 g/mol. The fraction of sp³-hybridized carbons (Fsp3) is 0.500. The second-order valence-corrected chi connectivity index (χ2v) is 6.15. The van der Waals surface area contributed by atoms with Crippen molar-refractivity contribution >= 4 is 39.1 Å². The number of carboxylic acids is 1. The van der Waals surface area contributed by atoms with Crippen LogP contribution >= 0.6 is 27.3 Å². The Balaban J connectivity index is 2.42. The third-order valence-corrected chi connectivity index (χ3v) is 4.35. The molecule has 1 atom stereocenters. The van der Waals surface area contributed by atoms with Gasteiger partial charge >= 0.3 is 5.97 Å². The lowest BCUT2D eigenvalue weighted by Gasteiger charge is -2.20. The summed E-state index contributed by atoms with van der Waals surface area (Å²) in [4.78, 5) is 25.2. The zero-order chi connectivity index (χ0) is 13.7. The van der Waals surface area contributed by atoms with Crippen molar-refractivity contribution in [3.8, 4) is 0 Å². The maximum absolute atomic E-state index is 11.9. The fourth-order valence-corrected chi connectivity index (χ4v) is 3.04. The molecule has 4 nitrogen and oxygen atoms in total. The summed E-state index contributed by atoms with van der Waals surface area (Å²) in [6.45, 7) is 2.25. The first-order valence-corrected chi connectivity index (χ1v) is 7.27. The number of hydrogen-bond acceptors (Lipinski definition) is 3. The van der Waals surface area contributed by atoms with Gasteiger partial charge in [-0.25, -0.2) is 0 Å². The first-order chi connectivity index (χ1) is 8.40. The smallest absolute Gasteiger partial charge is 0.304 e. The van der Waals surface area contributed by atoms with Crippen LogP contribution in [0, 0.1) is 5.92 Å². The highest BCUT2D eigenvalue weighted by Crippen LogP contribution is 2.20. The van der Waals surface area contributed by atoms with Crippen molar-refractivity contribution < 1.29 is 14.7 Å². The summed E-state index contributed by atoms with van der Waals surface area (Å²) >= 11 is 5.03. The van der Waals surface area contributed by atoms with Crippen molar-refractivity contribution in [1.29, 1.82) is 0 Å². The molecule has 0 aliphatic carbocycles. The van der Waals surface area contributed by atoms with Gasteiger partial charge in [0.15, 0.2) is 0 Å². The van der Waals surface area contributed by atoms with Gasteiger partial charge in [0, 0.05) is 34.2 Å². The normalized spacial score (nSPS) is 12.2. The third-order valence-electron chi connectivity index (χ3n) is 2.59. The van der Waals surface area contributed by atoms with E-state index in [-0.39, 0.29) is 12.3 Å². The summed E-state index contributed by atoms with van der Waals surface area (Å²) in [5, 5.41) is 10.7. The SMILES string of the molecule is CC(CC(=O)O)C(=O)N(C)CCc1cc(Br)cs1. The third kappa shape index (κ3) is 4.78. The van der Waals surface area contributed by atoms with E-state index in [2.05, 4.69) is 15.9 Å². The molecule has 1 aromatic rings. The molecule has 0 radical (unpaired) electrons. The molecule has 0 fully saturated rings.